The second kappa shape index (κ2) is 9.50. The fraction of sp³-hybridized carbons (Fsp3) is 0.500. The molecule has 1 aliphatic rings. The Labute approximate surface area is 155 Å². The van der Waals surface area contributed by atoms with Crippen LogP contribution < -0.4 is 5.32 Å². The molecule has 1 saturated heterocycles. The van der Waals surface area contributed by atoms with Crippen LogP contribution in [0.5, 0.6) is 0 Å². The molecule has 1 aliphatic heterocycles. The molecule has 6 heteroatoms. The van der Waals surface area contributed by atoms with Crippen molar-refractivity contribution in [2.45, 2.75) is 19.3 Å². The molecule has 0 spiro atoms. The Morgan fingerprint density at radius 2 is 1.92 bits per heavy atom. The van der Waals surface area contributed by atoms with E-state index < -0.39 is 0 Å². The molecule has 1 aromatic carbocycles. The molecule has 3 rings (SSSR count). The van der Waals surface area contributed by atoms with Gasteiger partial charge in [-0.05, 0) is 44.1 Å². The van der Waals surface area contributed by atoms with Crippen LogP contribution in [0.4, 0.5) is 0 Å². The predicted octanol–water partition coefficient (Wildman–Crippen LogP) is 1.56. The van der Waals surface area contributed by atoms with Crippen molar-refractivity contribution in [2.24, 2.45) is 0 Å². The van der Waals surface area contributed by atoms with Crippen LogP contribution in [0.3, 0.4) is 0 Å². The van der Waals surface area contributed by atoms with Crippen LogP contribution in [-0.4, -0.2) is 71.8 Å². The van der Waals surface area contributed by atoms with E-state index in [1.807, 2.05) is 47.4 Å². The lowest BCUT2D eigenvalue weighted by atomic mass is 10.2. The van der Waals surface area contributed by atoms with Gasteiger partial charge in [-0.1, -0.05) is 18.2 Å². The Morgan fingerprint density at radius 3 is 2.69 bits per heavy atom. The van der Waals surface area contributed by atoms with Crippen LogP contribution >= 0.6 is 0 Å². The van der Waals surface area contributed by atoms with E-state index in [2.05, 4.69) is 27.3 Å². The van der Waals surface area contributed by atoms with Gasteiger partial charge in [-0.3, -0.25) is 4.79 Å². The summed E-state index contributed by atoms with van der Waals surface area (Å²) >= 11 is 0. The summed E-state index contributed by atoms with van der Waals surface area (Å²) in [4.78, 5) is 16.9. The van der Waals surface area contributed by atoms with Gasteiger partial charge in [0.1, 0.15) is 0 Å². The van der Waals surface area contributed by atoms with Gasteiger partial charge in [0.15, 0.2) is 0 Å². The van der Waals surface area contributed by atoms with Gasteiger partial charge in [0.25, 0.3) is 0 Å². The van der Waals surface area contributed by atoms with Crippen molar-refractivity contribution < 1.29 is 4.79 Å². The van der Waals surface area contributed by atoms with Crippen molar-refractivity contribution in [3.05, 3.63) is 48.3 Å². The van der Waals surface area contributed by atoms with Crippen LogP contribution in [0.2, 0.25) is 0 Å². The number of nitrogens with one attached hydrogen (secondary N) is 1. The van der Waals surface area contributed by atoms with Crippen molar-refractivity contribution >= 4 is 5.91 Å². The van der Waals surface area contributed by atoms with Gasteiger partial charge in [0.2, 0.25) is 5.91 Å². The lowest BCUT2D eigenvalue weighted by Crippen LogP contribution is -2.45. The molecule has 0 saturated carbocycles. The summed E-state index contributed by atoms with van der Waals surface area (Å²) in [5.41, 5.74) is 2.12. The quantitative estimate of drug-likeness (QED) is 0.730. The molecule has 1 N–H and O–H groups in total. The average molecular weight is 355 g/mol. The second-order valence-electron chi connectivity index (χ2n) is 6.98. The number of likely N-dealkylation sites (N-methyl/N-ethyl adjacent to an activating group) is 1. The minimum absolute atomic E-state index is 0.121. The number of aryl methyl sites for hydroxylation is 1. The number of carbonyl (C=O) groups excluding carboxylic acids is 1. The Hall–Kier alpha value is -2.18. The fourth-order valence-electron chi connectivity index (χ4n) is 3.16. The van der Waals surface area contributed by atoms with Crippen LogP contribution in [0.25, 0.3) is 5.69 Å². The third kappa shape index (κ3) is 5.68. The van der Waals surface area contributed by atoms with E-state index in [1.165, 1.54) is 0 Å². The van der Waals surface area contributed by atoms with Crippen molar-refractivity contribution in [3.8, 4) is 5.69 Å². The topological polar surface area (TPSA) is 53.4 Å². The van der Waals surface area contributed by atoms with Crippen molar-refractivity contribution in [3.63, 3.8) is 0 Å². The maximum absolute atomic E-state index is 12.0. The molecule has 0 aliphatic carbocycles. The van der Waals surface area contributed by atoms with Crippen molar-refractivity contribution in [1.82, 2.24) is 24.9 Å². The highest BCUT2D eigenvalue weighted by molar-refractivity contribution is 5.76. The monoisotopic (exact) mass is 355 g/mol. The highest BCUT2D eigenvalue weighted by Gasteiger charge is 2.13. The van der Waals surface area contributed by atoms with Gasteiger partial charge in [0.05, 0.1) is 11.9 Å². The Kier molecular flexibility index (Phi) is 6.80. The summed E-state index contributed by atoms with van der Waals surface area (Å²) < 4.78 is 1.85. The van der Waals surface area contributed by atoms with Crippen LogP contribution in [0.15, 0.2) is 42.7 Å². The first kappa shape index (κ1) is 18.6. The van der Waals surface area contributed by atoms with E-state index in [9.17, 15) is 4.79 Å². The number of carbonyl (C=O) groups is 1. The Bertz CT molecular complexity index is 677. The molecule has 0 atom stereocenters. The number of rotatable bonds is 8. The first-order valence-electron chi connectivity index (χ1n) is 9.47. The molecule has 2 aromatic rings. The summed E-state index contributed by atoms with van der Waals surface area (Å²) in [6.07, 6.45) is 6.08. The highest BCUT2D eigenvalue weighted by Crippen LogP contribution is 2.09. The largest absolute Gasteiger partial charge is 0.356 e. The number of piperazine rings is 1. The average Bonchev–Trinajstić information content (AvgIpc) is 3.15. The van der Waals surface area contributed by atoms with Gasteiger partial charge in [-0.15, -0.1) is 0 Å². The third-order valence-electron chi connectivity index (χ3n) is 4.87. The summed E-state index contributed by atoms with van der Waals surface area (Å²) in [6.45, 7) is 6.38. The first-order valence-corrected chi connectivity index (χ1v) is 9.47. The summed E-state index contributed by atoms with van der Waals surface area (Å²) in [5, 5.41) is 7.41. The first-order chi connectivity index (χ1) is 12.7. The van der Waals surface area contributed by atoms with Gasteiger partial charge < -0.3 is 15.1 Å². The predicted molar refractivity (Wildman–Crippen MR) is 103 cm³/mol. The van der Waals surface area contributed by atoms with E-state index in [4.69, 9.17) is 0 Å². The van der Waals surface area contributed by atoms with E-state index in [1.54, 1.807) is 0 Å². The minimum Gasteiger partial charge on any atom is -0.356 e. The fourth-order valence-corrected chi connectivity index (χ4v) is 3.16. The molecule has 1 aromatic heterocycles. The molecule has 1 amide bonds. The van der Waals surface area contributed by atoms with Crippen LogP contribution in [0, 0.1) is 0 Å². The maximum Gasteiger partial charge on any atom is 0.220 e. The lowest BCUT2D eigenvalue weighted by Gasteiger charge is -2.32. The number of nitrogens with zero attached hydrogens (tertiary/aromatic N) is 4. The molecule has 26 heavy (non-hydrogen) atoms. The molecule has 6 nitrogen and oxygen atoms in total. The highest BCUT2D eigenvalue weighted by atomic mass is 16.1. The van der Waals surface area contributed by atoms with E-state index >= 15 is 0 Å². The number of para-hydroxylation sites is 1. The minimum atomic E-state index is 0.121. The van der Waals surface area contributed by atoms with Crippen molar-refractivity contribution in [2.75, 3.05) is 46.3 Å². The van der Waals surface area contributed by atoms with E-state index in [0.29, 0.717) is 6.42 Å². The molecule has 0 radical (unpaired) electrons. The molecule has 2 heterocycles. The Morgan fingerprint density at radius 1 is 1.15 bits per heavy atom. The summed E-state index contributed by atoms with van der Waals surface area (Å²) in [6, 6.07) is 10.0. The maximum atomic E-state index is 12.0. The number of aromatic nitrogens is 2. The third-order valence-corrected chi connectivity index (χ3v) is 4.87. The van der Waals surface area contributed by atoms with Crippen LogP contribution in [-0.2, 0) is 11.2 Å². The Balaban J connectivity index is 1.31. The standard InChI is InChI=1S/C20H29N5O/c1-23-12-14-24(15-13-23)11-5-10-21-20(26)9-8-18-16-22-25(17-18)19-6-3-2-4-7-19/h2-4,6-7,16-17H,5,8-15H2,1H3,(H,21,26). The SMILES string of the molecule is CN1CCN(CCCNC(=O)CCc2cnn(-c3ccccc3)c2)CC1. The number of amides is 1. The summed E-state index contributed by atoms with van der Waals surface area (Å²) in [7, 11) is 2.17. The van der Waals surface area contributed by atoms with E-state index in [-0.39, 0.29) is 5.91 Å². The molecule has 140 valence electrons. The molecule has 0 unspecified atom stereocenters. The number of benzene rings is 1. The number of hydrogen-bond acceptors (Lipinski definition) is 4. The van der Waals surface area contributed by atoms with Gasteiger partial charge >= 0.3 is 0 Å². The van der Waals surface area contributed by atoms with Crippen molar-refractivity contribution in [1.29, 1.82) is 0 Å². The zero-order chi connectivity index (χ0) is 18.2. The van der Waals surface area contributed by atoms with E-state index in [0.717, 1.165) is 63.4 Å². The van der Waals surface area contributed by atoms with Gasteiger partial charge in [-0.25, -0.2) is 4.68 Å². The molecular weight excluding hydrogens is 326 g/mol. The lowest BCUT2D eigenvalue weighted by molar-refractivity contribution is -0.121. The second-order valence-corrected chi connectivity index (χ2v) is 6.98. The molecule has 0 bridgehead atoms. The summed E-state index contributed by atoms with van der Waals surface area (Å²) in [5.74, 6) is 0.121. The van der Waals surface area contributed by atoms with Gasteiger partial charge in [0, 0.05) is 45.3 Å². The zero-order valence-electron chi connectivity index (χ0n) is 15.6. The smallest absolute Gasteiger partial charge is 0.220 e. The normalized spacial score (nSPS) is 15.9. The molecule has 1 fully saturated rings. The zero-order valence-corrected chi connectivity index (χ0v) is 15.6. The van der Waals surface area contributed by atoms with Gasteiger partial charge in [-0.2, -0.15) is 5.10 Å². The van der Waals surface area contributed by atoms with Crippen LogP contribution in [0.1, 0.15) is 18.4 Å². The molecular formula is C20H29N5O. The number of hydrogen-bond donors (Lipinski definition) is 1.